The van der Waals surface area contributed by atoms with E-state index in [-0.39, 0.29) is 11.7 Å². The summed E-state index contributed by atoms with van der Waals surface area (Å²) in [5.74, 6) is -0.122. The van der Waals surface area contributed by atoms with Crippen molar-refractivity contribution in [2.24, 2.45) is 11.7 Å². The number of carbonyl (C=O) groups excluding carboxylic acids is 2. The summed E-state index contributed by atoms with van der Waals surface area (Å²) in [6, 6.07) is 27.1. The molecular weight excluding hydrogens is 384 g/mol. The fourth-order valence-corrected chi connectivity index (χ4v) is 4.66. The van der Waals surface area contributed by atoms with Crippen LogP contribution < -0.4 is 11.1 Å². The molecule has 1 saturated heterocycles. The molecule has 0 aromatic heterocycles. The third-order valence-electron chi connectivity index (χ3n) is 6.32. The van der Waals surface area contributed by atoms with Gasteiger partial charge >= 0.3 is 0 Å². The highest BCUT2D eigenvalue weighted by atomic mass is 16.1. The van der Waals surface area contributed by atoms with Crippen LogP contribution in [0.3, 0.4) is 0 Å². The molecule has 3 atom stereocenters. The van der Waals surface area contributed by atoms with Crippen LogP contribution in [0.1, 0.15) is 51.7 Å². The quantitative estimate of drug-likeness (QED) is 0.569. The molecular formula is C27H28N2O2. The second kappa shape index (κ2) is 9.71. The molecule has 3 aromatic carbocycles. The molecule has 158 valence electrons. The predicted octanol–water partition coefficient (Wildman–Crippen LogP) is 4.27. The Kier molecular flexibility index (Phi) is 6.58. The third kappa shape index (κ3) is 4.92. The number of hydrogen-bond acceptors (Lipinski definition) is 3. The molecule has 1 amide bonds. The largest absolute Gasteiger partial charge is 0.369 e. The fraction of sp³-hybridized carbons (Fsp3) is 0.259. The topological polar surface area (TPSA) is 72.2 Å². The van der Waals surface area contributed by atoms with Crippen LogP contribution in [0.5, 0.6) is 0 Å². The molecule has 0 spiro atoms. The molecule has 31 heavy (non-hydrogen) atoms. The molecule has 3 N–H and O–H groups in total. The maximum Gasteiger partial charge on any atom is 0.224 e. The standard InChI is InChI=1S/C27H28N2O2/c28-27(31)24(17-22-14-15-29-18-25(22)19-8-3-1-4-9-19)21-12-7-13-23(16-21)26(30)20-10-5-2-6-11-20/h1-13,16,22,24-25,29H,14-15,17-18H2,(H2,28,31). The molecule has 3 unspecified atom stereocenters. The summed E-state index contributed by atoms with van der Waals surface area (Å²) < 4.78 is 0. The Bertz CT molecular complexity index is 1030. The van der Waals surface area contributed by atoms with Crippen LogP contribution in [0.15, 0.2) is 84.9 Å². The van der Waals surface area contributed by atoms with Gasteiger partial charge in [-0.1, -0.05) is 78.9 Å². The van der Waals surface area contributed by atoms with E-state index < -0.39 is 5.92 Å². The summed E-state index contributed by atoms with van der Waals surface area (Å²) in [6.07, 6.45) is 1.67. The number of benzene rings is 3. The molecule has 0 bridgehead atoms. The maximum atomic E-state index is 12.9. The minimum Gasteiger partial charge on any atom is -0.369 e. The normalized spacial score (nSPS) is 19.5. The van der Waals surface area contributed by atoms with E-state index in [1.165, 1.54) is 5.56 Å². The number of carbonyl (C=O) groups is 2. The number of ketones is 1. The van der Waals surface area contributed by atoms with Crippen LogP contribution >= 0.6 is 0 Å². The first kappa shape index (κ1) is 21.0. The highest BCUT2D eigenvalue weighted by Gasteiger charge is 2.31. The number of rotatable bonds is 7. The summed E-state index contributed by atoms with van der Waals surface area (Å²) in [5, 5.41) is 3.49. The molecule has 0 aliphatic carbocycles. The van der Waals surface area contributed by atoms with Crippen molar-refractivity contribution < 1.29 is 9.59 Å². The summed E-state index contributed by atoms with van der Waals surface area (Å²) in [7, 11) is 0. The van der Waals surface area contributed by atoms with Gasteiger partial charge in [-0.2, -0.15) is 0 Å². The van der Waals surface area contributed by atoms with Crippen molar-refractivity contribution in [1.29, 1.82) is 0 Å². The van der Waals surface area contributed by atoms with Crippen molar-refractivity contribution in [3.05, 3.63) is 107 Å². The Hall–Kier alpha value is -3.24. The molecule has 0 radical (unpaired) electrons. The number of amides is 1. The summed E-state index contributed by atoms with van der Waals surface area (Å²) in [4.78, 5) is 25.4. The van der Waals surface area contributed by atoms with Crippen LogP contribution in [0.25, 0.3) is 0 Å². The van der Waals surface area contributed by atoms with E-state index in [1.807, 2.05) is 42.5 Å². The summed E-state index contributed by atoms with van der Waals surface area (Å²) in [5.41, 5.74) is 9.19. The first-order valence-electron chi connectivity index (χ1n) is 10.9. The lowest BCUT2D eigenvalue weighted by Gasteiger charge is -2.34. The second-order valence-electron chi connectivity index (χ2n) is 8.28. The molecule has 4 heteroatoms. The first-order chi connectivity index (χ1) is 15.1. The molecule has 4 rings (SSSR count). The average Bonchev–Trinajstić information content (AvgIpc) is 2.83. The van der Waals surface area contributed by atoms with E-state index >= 15 is 0 Å². The van der Waals surface area contributed by atoms with E-state index in [9.17, 15) is 9.59 Å². The smallest absolute Gasteiger partial charge is 0.224 e. The second-order valence-corrected chi connectivity index (χ2v) is 8.28. The Balaban J connectivity index is 1.59. The molecule has 0 saturated carbocycles. The SMILES string of the molecule is NC(=O)C(CC1CCNCC1c1ccccc1)c1cccc(C(=O)c2ccccc2)c1. The molecule has 3 aromatic rings. The van der Waals surface area contributed by atoms with Crippen molar-refractivity contribution in [2.45, 2.75) is 24.7 Å². The van der Waals surface area contributed by atoms with Gasteiger partial charge in [0.25, 0.3) is 0 Å². The van der Waals surface area contributed by atoms with Crippen molar-refractivity contribution in [1.82, 2.24) is 5.32 Å². The van der Waals surface area contributed by atoms with Crippen molar-refractivity contribution >= 4 is 11.7 Å². The number of primary amides is 1. The lowest BCUT2D eigenvalue weighted by molar-refractivity contribution is -0.119. The lowest BCUT2D eigenvalue weighted by Crippen LogP contribution is -2.37. The summed E-state index contributed by atoms with van der Waals surface area (Å²) in [6.45, 7) is 1.83. The molecule has 4 nitrogen and oxygen atoms in total. The van der Waals surface area contributed by atoms with Crippen LogP contribution in [0.2, 0.25) is 0 Å². The number of piperidine rings is 1. The monoisotopic (exact) mass is 412 g/mol. The fourth-order valence-electron chi connectivity index (χ4n) is 4.66. The molecule has 1 aliphatic heterocycles. The van der Waals surface area contributed by atoms with Crippen LogP contribution in [-0.2, 0) is 4.79 Å². The molecule has 1 fully saturated rings. The maximum absolute atomic E-state index is 12.9. The van der Waals surface area contributed by atoms with Crippen LogP contribution in [0.4, 0.5) is 0 Å². The van der Waals surface area contributed by atoms with E-state index in [0.29, 0.717) is 29.4 Å². The van der Waals surface area contributed by atoms with Gasteiger partial charge in [-0.05, 0) is 48.4 Å². The van der Waals surface area contributed by atoms with Gasteiger partial charge in [-0.25, -0.2) is 0 Å². The highest BCUT2D eigenvalue weighted by molar-refractivity contribution is 6.09. The van der Waals surface area contributed by atoms with Gasteiger partial charge in [0.15, 0.2) is 5.78 Å². The Morgan fingerprint density at radius 2 is 1.58 bits per heavy atom. The highest BCUT2D eigenvalue weighted by Crippen LogP contribution is 2.37. The first-order valence-corrected chi connectivity index (χ1v) is 10.9. The van der Waals surface area contributed by atoms with Crippen molar-refractivity contribution in [3.63, 3.8) is 0 Å². The minimum atomic E-state index is -0.419. The van der Waals surface area contributed by atoms with Gasteiger partial charge in [-0.3, -0.25) is 9.59 Å². The Morgan fingerprint density at radius 1 is 0.903 bits per heavy atom. The van der Waals surface area contributed by atoms with Gasteiger partial charge in [0.05, 0.1) is 5.92 Å². The zero-order valence-electron chi connectivity index (χ0n) is 17.5. The van der Waals surface area contributed by atoms with Crippen LogP contribution in [-0.4, -0.2) is 24.8 Å². The Morgan fingerprint density at radius 3 is 2.29 bits per heavy atom. The van der Waals surface area contributed by atoms with Crippen molar-refractivity contribution in [2.75, 3.05) is 13.1 Å². The zero-order chi connectivity index (χ0) is 21.6. The molecule has 1 aliphatic rings. The number of nitrogens with one attached hydrogen (secondary N) is 1. The van der Waals surface area contributed by atoms with E-state index in [4.69, 9.17) is 5.73 Å². The number of hydrogen-bond donors (Lipinski definition) is 2. The average molecular weight is 413 g/mol. The van der Waals surface area contributed by atoms with Gasteiger partial charge in [-0.15, -0.1) is 0 Å². The Labute approximate surface area is 183 Å². The van der Waals surface area contributed by atoms with E-state index in [1.54, 1.807) is 18.2 Å². The van der Waals surface area contributed by atoms with E-state index in [2.05, 4.69) is 29.6 Å². The third-order valence-corrected chi connectivity index (χ3v) is 6.32. The van der Waals surface area contributed by atoms with Gasteiger partial charge in [0.1, 0.15) is 0 Å². The van der Waals surface area contributed by atoms with Gasteiger partial charge < -0.3 is 11.1 Å². The van der Waals surface area contributed by atoms with Crippen LogP contribution in [0, 0.1) is 5.92 Å². The lowest BCUT2D eigenvalue weighted by atomic mass is 9.75. The predicted molar refractivity (Wildman–Crippen MR) is 123 cm³/mol. The zero-order valence-corrected chi connectivity index (χ0v) is 17.5. The van der Waals surface area contributed by atoms with Gasteiger partial charge in [0, 0.05) is 17.7 Å². The van der Waals surface area contributed by atoms with Gasteiger partial charge in [0.2, 0.25) is 5.91 Å². The number of nitrogens with two attached hydrogens (primary N) is 1. The molecule has 1 heterocycles. The summed E-state index contributed by atoms with van der Waals surface area (Å²) >= 11 is 0. The van der Waals surface area contributed by atoms with Crippen molar-refractivity contribution in [3.8, 4) is 0 Å². The van der Waals surface area contributed by atoms with E-state index in [0.717, 1.165) is 25.1 Å². The minimum absolute atomic E-state index is 0.0466.